The van der Waals surface area contributed by atoms with Gasteiger partial charge >= 0.3 is 6.03 Å². The Morgan fingerprint density at radius 3 is 2.33 bits per heavy atom. The Kier molecular flexibility index (Phi) is 5.27. The predicted octanol–water partition coefficient (Wildman–Crippen LogP) is 2.84. The van der Waals surface area contributed by atoms with E-state index >= 15 is 0 Å². The molecular formula is C23H24N4O3. The number of aromatic nitrogens is 1. The highest BCUT2D eigenvalue weighted by molar-refractivity contribution is 6.06. The van der Waals surface area contributed by atoms with E-state index in [1.54, 1.807) is 21.4 Å². The van der Waals surface area contributed by atoms with Crippen LogP contribution in [0.2, 0.25) is 0 Å². The highest BCUT2D eigenvalue weighted by atomic mass is 16.2. The van der Waals surface area contributed by atoms with Gasteiger partial charge in [0, 0.05) is 50.4 Å². The molecule has 7 heteroatoms. The van der Waals surface area contributed by atoms with Gasteiger partial charge < -0.3 is 19.7 Å². The molecular weight excluding hydrogens is 380 g/mol. The summed E-state index contributed by atoms with van der Waals surface area (Å²) in [5.41, 5.74) is 2.75. The number of nitrogens with zero attached hydrogens (tertiary/aromatic N) is 3. The number of piperazine rings is 1. The summed E-state index contributed by atoms with van der Waals surface area (Å²) in [4.78, 5) is 41.4. The number of carbonyl (C=O) groups is 2. The number of urea groups is 1. The zero-order valence-electron chi connectivity index (χ0n) is 17.1. The lowest BCUT2D eigenvalue weighted by molar-refractivity contribution is 0.0673. The van der Waals surface area contributed by atoms with Crippen molar-refractivity contribution in [3.8, 4) is 0 Å². The largest absolute Gasteiger partial charge is 0.335 e. The first-order valence-electron chi connectivity index (χ1n) is 9.94. The SMILES string of the molecule is Cc1cccc(NC(=O)N2CCN(C(=O)c3cc(=O)n(C)c4ccccc34)CC2)c1. The first-order valence-corrected chi connectivity index (χ1v) is 9.94. The number of hydrogen-bond donors (Lipinski definition) is 1. The summed E-state index contributed by atoms with van der Waals surface area (Å²) in [6.07, 6.45) is 0. The highest BCUT2D eigenvalue weighted by Crippen LogP contribution is 2.19. The van der Waals surface area contributed by atoms with Crippen molar-refractivity contribution in [1.29, 1.82) is 0 Å². The lowest BCUT2D eigenvalue weighted by Gasteiger charge is -2.35. The molecule has 2 heterocycles. The molecule has 0 saturated carbocycles. The van der Waals surface area contributed by atoms with Crippen LogP contribution in [0.3, 0.4) is 0 Å². The van der Waals surface area contributed by atoms with E-state index in [9.17, 15) is 14.4 Å². The van der Waals surface area contributed by atoms with E-state index in [1.165, 1.54) is 6.07 Å². The summed E-state index contributed by atoms with van der Waals surface area (Å²) < 4.78 is 1.54. The Morgan fingerprint density at radius 1 is 0.900 bits per heavy atom. The van der Waals surface area contributed by atoms with E-state index in [4.69, 9.17) is 0 Å². The third kappa shape index (κ3) is 3.78. The van der Waals surface area contributed by atoms with Gasteiger partial charge in [0.1, 0.15) is 0 Å². The molecule has 1 N–H and O–H groups in total. The third-order valence-electron chi connectivity index (χ3n) is 5.51. The molecule has 4 rings (SSSR count). The van der Waals surface area contributed by atoms with Gasteiger partial charge in [0.05, 0.1) is 11.1 Å². The average Bonchev–Trinajstić information content (AvgIpc) is 2.76. The maximum absolute atomic E-state index is 13.1. The Balaban J connectivity index is 1.46. The van der Waals surface area contributed by atoms with Gasteiger partial charge in [-0.25, -0.2) is 4.79 Å². The topological polar surface area (TPSA) is 74.7 Å². The van der Waals surface area contributed by atoms with Gasteiger partial charge in [0.2, 0.25) is 0 Å². The zero-order valence-corrected chi connectivity index (χ0v) is 17.1. The second-order valence-corrected chi connectivity index (χ2v) is 7.55. The van der Waals surface area contributed by atoms with Crippen LogP contribution >= 0.6 is 0 Å². The molecule has 154 valence electrons. The summed E-state index contributed by atoms with van der Waals surface area (Å²) >= 11 is 0. The molecule has 7 nitrogen and oxygen atoms in total. The summed E-state index contributed by atoms with van der Waals surface area (Å²) in [7, 11) is 1.70. The molecule has 0 atom stereocenters. The van der Waals surface area contributed by atoms with Crippen molar-refractivity contribution in [1.82, 2.24) is 14.4 Å². The van der Waals surface area contributed by atoms with Crippen LogP contribution in [0, 0.1) is 6.92 Å². The maximum atomic E-state index is 13.1. The molecule has 3 aromatic rings. The molecule has 0 unspecified atom stereocenters. The standard InChI is InChI=1S/C23H24N4O3/c1-16-6-5-7-17(14-16)24-23(30)27-12-10-26(11-13-27)22(29)19-15-21(28)25(2)20-9-4-3-8-18(19)20/h3-9,14-15H,10-13H2,1-2H3,(H,24,30). The van der Waals surface area contributed by atoms with Crippen LogP contribution < -0.4 is 10.9 Å². The fraction of sp³-hybridized carbons (Fsp3) is 0.261. The molecule has 0 radical (unpaired) electrons. The quantitative estimate of drug-likeness (QED) is 0.714. The van der Waals surface area contributed by atoms with E-state index in [-0.39, 0.29) is 17.5 Å². The Hall–Kier alpha value is -3.61. The van der Waals surface area contributed by atoms with Gasteiger partial charge in [-0.3, -0.25) is 9.59 Å². The minimum atomic E-state index is -0.215. The van der Waals surface area contributed by atoms with Gasteiger partial charge in [-0.2, -0.15) is 0 Å². The fourth-order valence-corrected chi connectivity index (χ4v) is 3.80. The van der Waals surface area contributed by atoms with Gasteiger partial charge in [-0.15, -0.1) is 0 Å². The molecule has 3 amide bonds. The number of para-hydroxylation sites is 1. The number of pyridine rings is 1. The van der Waals surface area contributed by atoms with Crippen molar-refractivity contribution in [2.24, 2.45) is 7.05 Å². The number of carbonyl (C=O) groups excluding carboxylic acids is 2. The minimum absolute atomic E-state index is 0.174. The van der Waals surface area contributed by atoms with Crippen molar-refractivity contribution >= 4 is 28.5 Å². The lowest BCUT2D eigenvalue weighted by atomic mass is 10.1. The molecule has 1 aliphatic heterocycles. The highest BCUT2D eigenvalue weighted by Gasteiger charge is 2.26. The lowest BCUT2D eigenvalue weighted by Crippen LogP contribution is -2.51. The maximum Gasteiger partial charge on any atom is 0.321 e. The van der Waals surface area contributed by atoms with Crippen LogP contribution in [0.15, 0.2) is 59.4 Å². The molecule has 2 aromatic carbocycles. The Morgan fingerprint density at radius 2 is 1.60 bits per heavy atom. The number of rotatable bonds is 2. The number of anilines is 1. The van der Waals surface area contributed by atoms with E-state index in [0.717, 1.165) is 22.2 Å². The van der Waals surface area contributed by atoms with Crippen LogP contribution in [0.4, 0.5) is 10.5 Å². The van der Waals surface area contributed by atoms with Crippen LogP contribution in [-0.2, 0) is 7.05 Å². The van der Waals surface area contributed by atoms with Crippen LogP contribution in [0.5, 0.6) is 0 Å². The number of aryl methyl sites for hydroxylation is 2. The Labute approximate surface area is 174 Å². The van der Waals surface area contributed by atoms with E-state index in [2.05, 4.69) is 5.32 Å². The number of amides is 3. The summed E-state index contributed by atoms with van der Waals surface area (Å²) in [6, 6.07) is 16.3. The van der Waals surface area contributed by atoms with Crippen molar-refractivity contribution < 1.29 is 9.59 Å². The van der Waals surface area contributed by atoms with Crippen LogP contribution in [0.25, 0.3) is 10.9 Å². The predicted molar refractivity (Wildman–Crippen MR) is 117 cm³/mol. The molecule has 0 spiro atoms. The number of hydrogen-bond acceptors (Lipinski definition) is 3. The van der Waals surface area contributed by atoms with E-state index in [0.29, 0.717) is 31.7 Å². The number of fused-ring (bicyclic) bond motifs is 1. The second kappa shape index (κ2) is 8.02. The molecule has 30 heavy (non-hydrogen) atoms. The fourth-order valence-electron chi connectivity index (χ4n) is 3.80. The first kappa shape index (κ1) is 19.7. The monoisotopic (exact) mass is 404 g/mol. The van der Waals surface area contributed by atoms with E-state index in [1.807, 2.05) is 55.5 Å². The van der Waals surface area contributed by atoms with Crippen molar-refractivity contribution in [3.63, 3.8) is 0 Å². The van der Waals surface area contributed by atoms with Crippen molar-refractivity contribution in [3.05, 3.63) is 76.1 Å². The molecule has 1 aliphatic rings. The normalized spacial score (nSPS) is 14.1. The van der Waals surface area contributed by atoms with Crippen LogP contribution in [-0.4, -0.2) is 52.5 Å². The first-order chi connectivity index (χ1) is 14.4. The average molecular weight is 404 g/mol. The second-order valence-electron chi connectivity index (χ2n) is 7.55. The van der Waals surface area contributed by atoms with E-state index < -0.39 is 0 Å². The van der Waals surface area contributed by atoms with Crippen molar-refractivity contribution in [2.75, 3.05) is 31.5 Å². The number of benzene rings is 2. The molecule has 1 saturated heterocycles. The third-order valence-corrected chi connectivity index (χ3v) is 5.51. The molecule has 0 bridgehead atoms. The molecule has 1 fully saturated rings. The van der Waals surface area contributed by atoms with Gasteiger partial charge in [-0.05, 0) is 30.7 Å². The summed E-state index contributed by atoms with van der Waals surface area (Å²) in [6.45, 7) is 3.69. The summed E-state index contributed by atoms with van der Waals surface area (Å²) in [5.74, 6) is -0.178. The van der Waals surface area contributed by atoms with Gasteiger partial charge in [-0.1, -0.05) is 30.3 Å². The van der Waals surface area contributed by atoms with Gasteiger partial charge in [0.25, 0.3) is 11.5 Å². The molecule has 0 aliphatic carbocycles. The van der Waals surface area contributed by atoms with Gasteiger partial charge in [0.15, 0.2) is 0 Å². The smallest absolute Gasteiger partial charge is 0.321 e. The van der Waals surface area contributed by atoms with Crippen molar-refractivity contribution in [2.45, 2.75) is 6.92 Å². The number of nitrogens with one attached hydrogen (secondary N) is 1. The minimum Gasteiger partial charge on any atom is -0.335 e. The Bertz CT molecular complexity index is 1180. The van der Waals surface area contributed by atoms with Crippen LogP contribution in [0.1, 0.15) is 15.9 Å². The molecule has 1 aromatic heterocycles. The zero-order chi connectivity index (χ0) is 21.3. The summed E-state index contributed by atoms with van der Waals surface area (Å²) in [5, 5.41) is 3.66.